The topological polar surface area (TPSA) is 82.3 Å². The van der Waals surface area contributed by atoms with Gasteiger partial charge in [0.05, 0.1) is 10.9 Å². The van der Waals surface area contributed by atoms with Gasteiger partial charge in [-0.25, -0.2) is 4.79 Å². The van der Waals surface area contributed by atoms with Crippen molar-refractivity contribution in [2.24, 2.45) is 0 Å². The molecule has 31 heavy (non-hydrogen) atoms. The number of aryl methyl sites for hydroxylation is 1. The predicted octanol–water partition coefficient (Wildman–Crippen LogP) is 2.34. The monoisotopic (exact) mass is 423 g/mol. The molecule has 0 fully saturated rings. The second-order valence-electron chi connectivity index (χ2n) is 7.68. The first kappa shape index (κ1) is 22.5. The number of methoxy groups -OCH3 is 1. The van der Waals surface area contributed by atoms with Gasteiger partial charge < -0.3 is 10.1 Å². The van der Waals surface area contributed by atoms with Crippen molar-refractivity contribution in [3.05, 3.63) is 81.0 Å². The second-order valence-corrected chi connectivity index (χ2v) is 7.68. The van der Waals surface area contributed by atoms with Crippen molar-refractivity contribution in [1.29, 1.82) is 0 Å². The summed E-state index contributed by atoms with van der Waals surface area (Å²) >= 11 is 0. The van der Waals surface area contributed by atoms with Crippen LogP contribution in [0.3, 0.4) is 0 Å². The molecule has 164 valence electrons. The summed E-state index contributed by atoms with van der Waals surface area (Å²) < 4.78 is 7.60. The minimum atomic E-state index is -0.480. The van der Waals surface area contributed by atoms with Crippen molar-refractivity contribution in [2.75, 3.05) is 13.7 Å². The average Bonchev–Trinajstić information content (AvgIpc) is 2.78. The molecule has 3 rings (SSSR count). The highest BCUT2D eigenvalue weighted by Crippen LogP contribution is 2.08. The predicted molar refractivity (Wildman–Crippen MR) is 121 cm³/mol. The van der Waals surface area contributed by atoms with Gasteiger partial charge in [-0.2, -0.15) is 0 Å². The van der Waals surface area contributed by atoms with Crippen molar-refractivity contribution >= 4 is 16.8 Å². The molecule has 0 aliphatic rings. The summed E-state index contributed by atoms with van der Waals surface area (Å²) in [6.45, 7) is 2.50. The van der Waals surface area contributed by atoms with Crippen LogP contribution in [0, 0.1) is 0 Å². The molecule has 3 aromatic rings. The molecule has 1 amide bonds. The number of carbonyl (C=O) groups is 1. The molecule has 1 heterocycles. The number of hydrogen-bond acceptors (Lipinski definition) is 4. The van der Waals surface area contributed by atoms with Crippen LogP contribution in [0.4, 0.5) is 0 Å². The SMILES string of the molecule is COCCCn1c(=O)c2ccccc2n(CC(=O)NC(C)CCc2ccccc2)c1=O. The number of benzene rings is 2. The van der Waals surface area contributed by atoms with Gasteiger partial charge in [0.2, 0.25) is 5.91 Å². The van der Waals surface area contributed by atoms with Crippen molar-refractivity contribution < 1.29 is 9.53 Å². The molecule has 0 aliphatic carbocycles. The van der Waals surface area contributed by atoms with Gasteiger partial charge in [0.15, 0.2) is 0 Å². The molecule has 0 saturated heterocycles. The molecule has 0 bridgehead atoms. The fourth-order valence-corrected chi connectivity index (χ4v) is 3.65. The number of para-hydroxylation sites is 1. The van der Waals surface area contributed by atoms with Crippen molar-refractivity contribution in [2.45, 2.75) is 45.3 Å². The van der Waals surface area contributed by atoms with Crippen molar-refractivity contribution in [3.63, 3.8) is 0 Å². The van der Waals surface area contributed by atoms with Gasteiger partial charge in [0.25, 0.3) is 5.56 Å². The third kappa shape index (κ3) is 5.70. The summed E-state index contributed by atoms with van der Waals surface area (Å²) in [5.41, 5.74) is 0.859. The van der Waals surface area contributed by atoms with Gasteiger partial charge in [0, 0.05) is 26.3 Å². The summed E-state index contributed by atoms with van der Waals surface area (Å²) in [4.78, 5) is 38.5. The van der Waals surface area contributed by atoms with E-state index in [1.54, 1.807) is 31.4 Å². The lowest BCUT2D eigenvalue weighted by Gasteiger charge is -2.17. The summed E-state index contributed by atoms with van der Waals surface area (Å²) in [5.74, 6) is -0.255. The zero-order valence-corrected chi connectivity index (χ0v) is 18.0. The Balaban J connectivity index is 1.77. The Bertz CT molecular complexity index is 1140. The number of ether oxygens (including phenoxy) is 1. The maximum atomic E-state index is 13.0. The number of nitrogens with one attached hydrogen (secondary N) is 1. The molecule has 1 unspecified atom stereocenters. The first-order valence-corrected chi connectivity index (χ1v) is 10.6. The van der Waals surface area contributed by atoms with Crippen LogP contribution >= 0.6 is 0 Å². The molecule has 1 atom stereocenters. The number of carbonyl (C=O) groups excluding carboxylic acids is 1. The largest absolute Gasteiger partial charge is 0.385 e. The fourth-order valence-electron chi connectivity index (χ4n) is 3.65. The van der Waals surface area contributed by atoms with E-state index in [-0.39, 0.29) is 30.6 Å². The summed E-state index contributed by atoms with van der Waals surface area (Å²) in [6.07, 6.45) is 2.18. The van der Waals surface area contributed by atoms with Gasteiger partial charge in [-0.15, -0.1) is 0 Å². The molecule has 7 nitrogen and oxygen atoms in total. The maximum Gasteiger partial charge on any atom is 0.331 e. The second kappa shape index (κ2) is 10.7. The molecular weight excluding hydrogens is 394 g/mol. The van der Waals surface area contributed by atoms with E-state index in [1.165, 1.54) is 14.7 Å². The molecule has 7 heteroatoms. The van der Waals surface area contributed by atoms with E-state index in [2.05, 4.69) is 17.4 Å². The van der Waals surface area contributed by atoms with E-state index >= 15 is 0 Å². The number of aromatic nitrogens is 2. The van der Waals surface area contributed by atoms with Crippen LogP contribution in [0.5, 0.6) is 0 Å². The normalized spacial score (nSPS) is 12.1. The van der Waals surface area contributed by atoms with Gasteiger partial charge in [0.1, 0.15) is 6.54 Å². The summed E-state index contributed by atoms with van der Waals surface area (Å²) in [7, 11) is 1.57. The van der Waals surface area contributed by atoms with E-state index in [4.69, 9.17) is 4.74 Å². The highest BCUT2D eigenvalue weighted by Gasteiger charge is 2.16. The van der Waals surface area contributed by atoms with Gasteiger partial charge >= 0.3 is 5.69 Å². The van der Waals surface area contributed by atoms with Crippen LogP contribution in [0.2, 0.25) is 0 Å². The lowest BCUT2D eigenvalue weighted by atomic mass is 10.1. The fraction of sp³-hybridized carbons (Fsp3) is 0.375. The highest BCUT2D eigenvalue weighted by atomic mass is 16.5. The number of fused-ring (bicyclic) bond motifs is 1. The first-order chi connectivity index (χ1) is 15.0. The van der Waals surface area contributed by atoms with E-state index in [1.807, 2.05) is 25.1 Å². The number of hydrogen-bond donors (Lipinski definition) is 1. The average molecular weight is 424 g/mol. The Kier molecular flexibility index (Phi) is 7.78. The Labute approximate surface area is 181 Å². The number of nitrogens with zero attached hydrogens (tertiary/aromatic N) is 2. The number of rotatable bonds is 10. The minimum Gasteiger partial charge on any atom is -0.385 e. The molecular formula is C24H29N3O4. The molecule has 0 radical (unpaired) electrons. The molecule has 1 N–H and O–H groups in total. The van der Waals surface area contributed by atoms with Crippen molar-refractivity contribution in [1.82, 2.24) is 14.5 Å². The lowest BCUT2D eigenvalue weighted by Crippen LogP contribution is -2.44. The zero-order valence-electron chi connectivity index (χ0n) is 18.0. The Morgan fingerprint density at radius 1 is 1.03 bits per heavy atom. The zero-order chi connectivity index (χ0) is 22.2. The quantitative estimate of drug-likeness (QED) is 0.508. The van der Waals surface area contributed by atoms with Crippen LogP contribution in [0.15, 0.2) is 64.2 Å². The van der Waals surface area contributed by atoms with Crippen LogP contribution in [-0.4, -0.2) is 34.8 Å². The highest BCUT2D eigenvalue weighted by molar-refractivity contribution is 5.81. The maximum absolute atomic E-state index is 13.0. The Morgan fingerprint density at radius 2 is 1.74 bits per heavy atom. The minimum absolute atomic E-state index is 0.0396. The van der Waals surface area contributed by atoms with Crippen LogP contribution in [-0.2, 0) is 29.0 Å². The standard InChI is InChI=1S/C24H29N3O4/c1-18(13-14-19-9-4-3-5-10-19)25-22(28)17-27-21-12-7-6-11-20(21)23(29)26(24(27)30)15-8-16-31-2/h3-7,9-12,18H,8,13-17H2,1-2H3,(H,25,28). The van der Waals surface area contributed by atoms with Gasteiger partial charge in [-0.3, -0.25) is 18.7 Å². The summed E-state index contributed by atoms with van der Waals surface area (Å²) in [6, 6.07) is 16.9. The lowest BCUT2D eigenvalue weighted by molar-refractivity contribution is -0.122. The van der Waals surface area contributed by atoms with E-state index in [0.29, 0.717) is 23.9 Å². The van der Waals surface area contributed by atoms with Crippen molar-refractivity contribution in [3.8, 4) is 0 Å². The van der Waals surface area contributed by atoms with Crippen LogP contribution in [0.25, 0.3) is 10.9 Å². The molecule has 2 aromatic carbocycles. The third-order valence-electron chi connectivity index (χ3n) is 5.28. The van der Waals surface area contributed by atoms with Gasteiger partial charge in [-0.1, -0.05) is 42.5 Å². The Hall–Kier alpha value is -3.19. The van der Waals surface area contributed by atoms with Crippen LogP contribution < -0.4 is 16.6 Å². The molecule has 1 aromatic heterocycles. The van der Waals surface area contributed by atoms with Crippen LogP contribution in [0.1, 0.15) is 25.3 Å². The first-order valence-electron chi connectivity index (χ1n) is 10.6. The van der Waals surface area contributed by atoms with Gasteiger partial charge in [-0.05, 0) is 43.9 Å². The van der Waals surface area contributed by atoms with E-state index in [0.717, 1.165) is 12.8 Å². The summed E-state index contributed by atoms with van der Waals surface area (Å²) in [5, 5.41) is 3.39. The molecule has 0 spiro atoms. The Morgan fingerprint density at radius 3 is 2.48 bits per heavy atom. The smallest absolute Gasteiger partial charge is 0.331 e. The van der Waals surface area contributed by atoms with E-state index in [9.17, 15) is 14.4 Å². The number of amides is 1. The third-order valence-corrected chi connectivity index (χ3v) is 5.28. The molecule has 0 aliphatic heterocycles. The van der Waals surface area contributed by atoms with E-state index < -0.39 is 5.69 Å². The molecule has 0 saturated carbocycles.